The molecule has 0 heterocycles. The molecule has 24 heavy (non-hydrogen) atoms. The minimum Gasteiger partial charge on any atom is -0.393 e. The number of ether oxygens (including phenoxy) is 1. The van der Waals surface area contributed by atoms with E-state index in [4.69, 9.17) is 0 Å². The van der Waals surface area contributed by atoms with Gasteiger partial charge in [-0.3, -0.25) is 0 Å². The zero-order valence-corrected chi connectivity index (χ0v) is 11.8. The maximum Gasteiger partial charge on any atom is 0.473 e. The molecule has 0 spiro atoms. The Morgan fingerprint density at radius 1 is 0.875 bits per heavy atom. The molecule has 0 radical (unpaired) electrons. The molecular weight excluding hydrogens is 373 g/mol. The summed E-state index contributed by atoms with van der Waals surface area (Å²) in [4.78, 5) is 10.7. The summed E-state index contributed by atoms with van der Waals surface area (Å²) in [5, 5.41) is 0. The average Bonchev–Trinajstić information content (AvgIpc) is 2.36. The molecule has 0 amide bonds. The molecule has 0 saturated heterocycles. The van der Waals surface area contributed by atoms with Gasteiger partial charge in [0, 0.05) is 5.57 Å². The molecule has 0 aromatic rings. The normalized spacial score (nSPS) is 15.9. The zero-order chi connectivity index (χ0) is 19.9. The van der Waals surface area contributed by atoms with Crippen molar-refractivity contribution in [3.05, 3.63) is 12.2 Å². The lowest BCUT2D eigenvalue weighted by atomic mass is 9.95. The van der Waals surface area contributed by atoms with Crippen LogP contribution in [0.2, 0.25) is 0 Å². The second kappa shape index (κ2) is 6.06. The monoisotopic (exact) mass is 382 g/mol. The Labute approximate surface area is 127 Å². The first-order valence-corrected chi connectivity index (χ1v) is 5.69. The van der Waals surface area contributed by atoms with E-state index in [1.807, 2.05) is 0 Å². The summed E-state index contributed by atoms with van der Waals surface area (Å²) in [6.07, 6.45) is -10.7. The number of esters is 1. The van der Waals surface area contributed by atoms with Gasteiger partial charge in [0.15, 0.2) is 6.17 Å². The fourth-order valence-corrected chi connectivity index (χ4v) is 1.11. The van der Waals surface area contributed by atoms with E-state index in [1.165, 1.54) is 0 Å². The summed E-state index contributed by atoms with van der Waals surface area (Å²) in [5.74, 6) is -30.9. The Hall–Kier alpha value is -1.56. The Morgan fingerprint density at radius 2 is 1.25 bits per heavy atom. The van der Waals surface area contributed by atoms with Crippen molar-refractivity contribution in [2.75, 3.05) is 0 Å². The van der Waals surface area contributed by atoms with Crippen LogP contribution in [-0.2, 0) is 9.53 Å². The second-order valence-corrected chi connectivity index (χ2v) is 4.65. The third kappa shape index (κ3) is 3.16. The second-order valence-electron chi connectivity index (χ2n) is 4.65. The average molecular weight is 382 g/mol. The molecule has 0 aromatic heterocycles. The lowest BCUT2D eigenvalue weighted by Gasteiger charge is -2.38. The number of carbonyl (C=O) groups excluding carboxylic acids is 1. The zero-order valence-electron chi connectivity index (χ0n) is 11.8. The maximum atomic E-state index is 13.1. The van der Waals surface area contributed by atoms with Crippen LogP contribution >= 0.6 is 0 Å². The van der Waals surface area contributed by atoms with Crippen molar-refractivity contribution in [2.45, 2.75) is 49.8 Å². The van der Waals surface area contributed by atoms with Crippen LogP contribution in [0.25, 0.3) is 0 Å². The molecule has 0 N–H and O–H groups in total. The van der Waals surface area contributed by atoms with Crippen molar-refractivity contribution in [3.8, 4) is 0 Å². The summed E-state index contributed by atoms with van der Waals surface area (Å²) in [7, 11) is 0. The summed E-state index contributed by atoms with van der Waals surface area (Å²) >= 11 is 0. The first kappa shape index (κ1) is 22.4. The highest BCUT2D eigenvalue weighted by atomic mass is 19.4. The summed E-state index contributed by atoms with van der Waals surface area (Å²) in [6, 6.07) is 0. The quantitative estimate of drug-likeness (QED) is 0.366. The lowest BCUT2D eigenvalue weighted by molar-refractivity contribution is -0.439. The predicted molar refractivity (Wildman–Crippen MR) is 56.2 cm³/mol. The number of hydrogen-bond acceptors (Lipinski definition) is 2. The molecule has 0 aliphatic rings. The number of carbonyl (C=O) groups is 1. The van der Waals surface area contributed by atoms with Gasteiger partial charge in [-0.1, -0.05) is 6.58 Å². The lowest BCUT2D eigenvalue weighted by Crippen LogP contribution is -2.69. The number of hydrogen-bond donors (Lipinski definition) is 0. The molecule has 13 heteroatoms. The third-order valence-electron chi connectivity index (χ3n) is 2.64. The van der Waals surface area contributed by atoms with Crippen molar-refractivity contribution in [3.63, 3.8) is 0 Å². The highest BCUT2D eigenvalue weighted by Gasteiger charge is 2.88. The van der Waals surface area contributed by atoms with E-state index < -0.39 is 47.5 Å². The van der Waals surface area contributed by atoms with Gasteiger partial charge >= 0.3 is 35.8 Å². The Kier molecular flexibility index (Phi) is 5.67. The largest absolute Gasteiger partial charge is 0.473 e. The maximum absolute atomic E-state index is 13.1. The molecule has 0 rings (SSSR count). The van der Waals surface area contributed by atoms with E-state index in [0.29, 0.717) is 6.92 Å². The van der Waals surface area contributed by atoms with Crippen LogP contribution in [0.1, 0.15) is 13.8 Å². The van der Waals surface area contributed by atoms with Crippen molar-refractivity contribution in [2.24, 2.45) is 0 Å². The fraction of sp³-hybridized carbons (Fsp3) is 0.727. The summed E-state index contributed by atoms with van der Waals surface area (Å²) in [6.45, 7) is 2.88. The molecule has 0 saturated carbocycles. The van der Waals surface area contributed by atoms with E-state index in [0.717, 1.165) is 0 Å². The van der Waals surface area contributed by atoms with Crippen LogP contribution in [0.4, 0.5) is 48.3 Å². The molecular formula is C11H9F11O2. The SMILES string of the molecule is C=C(C)C(=O)OC(F)(F)C(F)(F)C(F)(F)C(F)(F)C(F)(F)C(C)F. The Morgan fingerprint density at radius 3 is 1.54 bits per heavy atom. The molecule has 0 fully saturated rings. The van der Waals surface area contributed by atoms with Crippen molar-refractivity contribution < 1.29 is 57.8 Å². The fourth-order valence-electron chi connectivity index (χ4n) is 1.11. The Balaban J connectivity index is 6.07. The van der Waals surface area contributed by atoms with Crippen LogP contribution in [-0.4, -0.2) is 41.9 Å². The van der Waals surface area contributed by atoms with Gasteiger partial charge in [-0.15, -0.1) is 0 Å². The molecule has 0 aromatic carbocycles. The van der Waals surface area contributed by atoms with Crippen LogP contribution in [0.15, 0.2) is 12.2 Å². The van der Waals surface area contributed by atoms with Gasteiger partial charge in [-0.05, 0) is 13.8 Å². The number of rotatable bonds is 7. The first-order valence-electron chi connectivity index (χ1n) is 5.69. The van der Waals surface area contributed by atoms with Gasteiger partial charge in [0.05, 0.1) is 0 Å². The van der Waals surface area contributed by atoms with E-state index in [1.54, 1.807) is 0 Å². The molecule has 0 aliphatic carbocycles. The number of alkyl halides is 11. The van der Waals surface area contributed by atoms with Crippen molar-refractivity contribution in [1.29, 1.82) is 0 Å². The van der Waals surface area contributed by atoms with Crippen LogP contribution < -0.4 is 0 Å². The molecule has 0 bridgehead atoms. The molecule has 2 nitrogen and oxygen atoms in total. The summed E-state index contributed by atoms with van der Waals surface area (Å²) < 4.78 is 145. The van der Waals surface area contributed by atoms with E-state index in [-0.39, 0.29) is 6.92 Å². The molecule has 1 unspecified atom stereocenters. The topological polar surface area (TPSA) is 26.3 Å². The van der Waals surface area contributed by atoms with Crippen LogP contribution in [0, 0.1) is 0 Å². The summed E-state index contributed by atoms with van der Waals surface area (Å²) in [5.41, 5.74) is -1.01. The standard InChI is InChI=1S/C11H9F11O2/c1-4(2)6(23)24-11(21,22)10(19,20)9(17,18)8(15,16)7(13,14)5(3)12/h5H,1H2,2-3H3. The van der Waals surface area contributed by atoms with Crippen molar-refractivity contribution >= 4 is 5.97 Å². The smallest absolute Gasteiger partial charge is 0.393 e. The van der Waals surface area contributed by atoms with Crippen molar-refractivity contribution in [1.82, 2.24) is 0 Å². The van der Waals surface area contributed by atoms with Gasteiger partial charge in [-0.25, -0.2) is 9.18 Å². The Bertz CT molecular complexity index is 510. The minimum atomic E-state index is -7.50. The molecule has 0 aliphatic heterocycles. The van der Waals surface area contributed by atoms with Gasteiger partial charge in [0.2, 0.25) is 0 Å². The highest BCUT2D eigenvalue weighted by molar-refractivity contribution is 5.87. The highest BCUT2D eigenvalue weighted by Crippen LogP contribution is 2.58. The van der Waals surface area contributed by atoms with E-state index >= 15 is 0 Å². The molecule has 1 atom stereocenters. The van der Waals surface area contributed by atoms with Gasteiger partial charge in [0.1, 0.15) is 0 Å². The van der Waals surface area contributed by atoms with Gasteiger partial charge in [0.25, 0.3) is 0 Å². The van der Waals surface area contributed by atoms with Gasteiger partial charge in [-0.2, -0.15) is 43.9 Å². The van der Waals surface area contributed by atoms with Crippen LogP contribution in [0.5, 0.6) is 0 Å². The van der Waals surface area contributed by atoms with Gasteiger partial charge < -0.3 is 4.74 Å². The minimum absolute atomic E-state index is 0.374. The van der Waals surface area contributed by atoms with Crippen LogP contribution in [0.3, 0.4) is 0 Å². The van der Waals surface area contributed by atoms with E-state index in [2.05, 4.69) is 11.3 Å². The molecule has 142 valence electrons. The number of halogens is 11. The van der Waals surface area contributed by atoms with E-state index in [9.17, 15) is 53.1 Å². The third-order valence-corrected chi connectivity index (χ3v) is 2.64. The predicted octanol–water partition coefficient (Wildman–Crippen LogP) is 4.60. The first-order chi connectivity index (χ1) is 10.3.